The Morgan fingerprint density at radius 2 is 1.83 bits per heavy atom. The minimum absolute atomic E-state index is 0.183. The molecule has 0 saturated heterocycles. The summed E-state index contributed by atoms with van der Waals surface area (Å²) in [4.78, 5) is 25.1. The first-order valence-corrected chi connectivity index (χ1v) is 9.23. The number of aromatic nitrogens is 3. The number of hydrogen-bond donors (Lipinski definition) is 4. The van der Waals surface area contributed by atoms with Gasteiger partial charge in [0.05, 0.1) is 11.1 Å². The molecule has 2 aromatic carbocycles. The molecule has 1 fully saturated rings. The number of nitrogens with one attached hydrogen (secondary N) is 2. The zero-order valence-electron chi connectivity index (χ0n) is 15.3. The van der Waals surface area contributed by atoms with E-state index >= 15 is 0 Å². The number of rotatable bonds is 5. The lowest BCUT2D eigenvalue weighted by molar-refractivity contribution is 0.0697. The van der Waals surface area contributed by atoms with Gasteiger partial charge in [0.1, 0.15) is 11.3 Å². The maximum absolute atomic E-state index is 11.3. The van der Waals surface area contributed by atoms with Crippen molar-refractivity contribution in [3.8, 4) is 5.75 Å². The molecule has 5 rings (SSSR count). The quantitative estimate of drug-likeness (QED) is 0.301. The van der Waals surface area contributed by atoms with Crippen LogP contribution in [0, 0.1) is 0 Å². The Bertz CT molecular complexity index is 1250. The summed E-state index contributed by atoms with van der Waals surface area (Å²) in [5.41, 5.74) is 2.19. The van der Waals surface area contributed by atoms with E-state index in [9.17, 15) is 15.0 Å². The molecule has 1 aliphatic carbocycles. The van der Waals surface area contributed by atoms with Crippen LogP contribution in [0.4, 0.5) is 17.5 Å². The standard InChI is InChI=1S/C21H17N5O3/c27-14-6-4-13(5-7-14)24-21-22-10-16-15-8-1-11(20(28)29)9-17(15)25-19(18(16)26-21)23-12-2-3-12/h1,4-10,12,27H,2-3H2,(H,23,25)(H,28,29)(H,22,24,26). The minimum atomic E-state index is -0.991. The lowest BCUT2D eigenvalue weighted by atomic mass is 10.1. The smallest absolute Gasteiger partial charge is 0.335 e. The number of hydrogen-bond acceptors (Lipinski definition) is 7. The number of phenolic OH excluding ortho intramolecular Hbond substituents is 1. The number of anilines is 3. The summed E-state index contributed by atoms with van der Waals surface area (Å²) in [5, 5.41) is 26.8. The highest BCUT2D eigenvalue weighted by molar-refractivity contribution is 6.09. The number of aromatic hydroxyl groups is 1. The number of carbonyl (C=O) groups is 1. The second-order valence-electron chi connectivity index (χ2n) is 7.04. The van der Waals surface area contributed by atoms with Crippen LogP contribution in [0.15, 0.2) is 48.7 Å². The van der Waals surface area contributed by atoms with Gasteiger partial charge < -0.3 is 20.8 Å². The molecule has 0 atom stereocenters. The lowest BCUT2D eigenvalue weighted by Gasteiger charge is -2.12. The van der Waals surface area contributed by atoms with Crippen molar-refractivity contribution in [2.45, 2.75) is 18.9 Å². The summed E-state index contributed by atoms with van der Waals surface area (Å²) in [6.45, 7) is 0. The van der Waals surface area contributed by atoms with Crippen molar-refractivity contribution in [1.82, 2.24) is 15.0 Å². The Hall–Kier alpha value is -3.94. The van der Waals surface area contributed by atoms with E-state index in [-0.39, 0.29) is 11.3 Å². The van der Waals surface area contributed by atoms with E-state index in [0.717, 1.165) is 29.3 Å². The van der Waals surface area contributed by atoms with Crippen molar-refractivity contribution < 1.29 is 15.0 Å². The predicted octanol–water partition coefficient (Wildman–Crippen LogP) is 3.90. The fourth-order valence-corrected chi connectivity index (χ4v) is 3.17. The molecule has 0 unspecified atom stereocenters. The molecule has 0 aliphatic heterocycles. The van der Waals surface area contributed by atoms with E-state index < -0.39 is 5.97 Å². The molecule has 0 bridgehead atoms. The Morgan fingerprint density at radius 3 is 2.55 bits per heavy atom. The molecule has 29 heavy (non-hydrogen) atoms. The van der Waals surface area contributed by atoms with Gasteiger partial charge in [-0.1, -0.05) is 6.07 Å². The average Bonchev–Trinajstić information content (AvgIpc) is 3.53. The van der Waals surface area contributed by atoms with Gasteiger partial charge in [-0.05, 0) is 49.2 Å². The third-order valence-corrected chi connectivity index (χ3v) is 4.82. The molecule has 8 heteroatoms. The normalized spacial score (nSPS) is 13.5. The molecule has 1 aliphatic rings. The molecule has 0 radical (unpaired) electrons. The predicted molar refractivity (Wildman–Crippen MR) is 110 cm³/mol. The minimum Gasteiger partial charge on any atom is -0.508 e. The number of aromatic carboxylic acids is 1. The largest absolute Gasteiger partial charge is 0.508 e. The number of phenols is 1. The fraction of sp³-hybridized carbons (Fsp3) is 0.143. The van der Waals surface area contributed by atoms with Gasteiger partial charge in [0.25, 0.3) is 0 Å². The van der Waals surface area contributed by atoms with E-state index in [1.165, 1.54) is 0 Å². The highest BCUT2D eigenvalue weighted by Crippen LogP contribution is 2.32. The van der Waals surface area contributed by atoms with Crippen molar-refractivity contribution >= 4 is 45.2 Å². The zero-order chi connectivity index (χ0) is 20.0. The molecule has 0 spiro atoms. The summed E-state index contributed by atoms with van der Waals surface area (Å²) in [7, 11) is 0. The number of carboxylic acids is 1. The van der Waals surface area contributed by atoms with Crippen molar-refractivity contribution in [3.05, 3.63) is 54.2 Å². The first-order chi connectivity index (χ1) is 14.1. The Balaban J connectivity index is 1.64. The molecule has 4 aromatic rings. The summed E-state index contributed by atoms with van der Waals surface area (Å²) < 4.78 is 0. The van der Waals surface area contributed by atoms with Crippen LogP contribution in [0.25, 0.3) is 21.8 Å². The molecule has 1 saturated carbocycles. The molecular weight excluding hydrogens is 370 g/mol. The van der Waals surface area contributed by atoms with Gasteiger partial charge in [-0.25, -0.2) is 19.7 Å². The van der Waals surface area contributed by atoms with Gasteiger partial charge in [-0.15, -0.1) is 0 Å². The monoisotopic (exact) mass is 387 g/mol. The zero-order valence-corrected chi connectivity index (χ0v) is 15.3. The van der Waals surface area contributed by atoms with Crippen molar-refractivity contribution in [3.63, 3.8) is 0 Å². The first-order valence-electron chi connectivity index (χ1n) is 9.23. The average molecular weight is 387 g/mol. The molecule has 0 amide bonds. The topological polar surface area (TPSA) is 120 Å². The number of fused-ring (bicyclic) bond motifs is 3. The van der Waals surface area contributed by atoms with Crippen LogP contribution >= 0.6 is 0 Å². The molecule has 2 aromatic heterocycles. The lowest BCUT2D eigenvalue weighted by Crippen LogP contribution is -2.07. The van der Waals surface area contributed by atoms with Gasteiger partial charge in [0.15, 0.2) is 5.82 Å². The third-order valence-electron chi connectivity index (χ3n) is 4.82. The fourth-order valence-electron chi connectivity index (χ4n) is 3.17. The van der Waals surface area contributed by atoms with Gasteiger partial charge in [0, 0.05) is 28.7 Å². The number of nitrogens with zero attached hydrogens (tertiary/aromatic N) is 3. The van der Waals surface area contributed by atoms with Gasteiger partial charge in [-0.3, -0.25) is 0 Å². The summed E-state index contributed by atoms with van der Waals surface area (Å²) >= 11 is 0. The van der Waals surface area contributed by atoms with Gasteiger partial charge in [0.2, 0.25) is 5.95 Å². The summed E-state index contributed by atoms with van der Waals surface area (Å²) in [5.74, 6) is 0.219. The Morgan fingerprint density at radius 1 is 1.03 bits per heavy atom. The van der Waals surface area contributed by atoms with Crippen LogP contribution in [-0.2, 0) is 0 Å². The van der Waals surface area contributed by atoms with Gasteiger partial charge >= 0.3 is 5.97 Å². The van der Waals surface area contributed by atoms with Crippen LogP contribution in [0.1, 0.15) is 23.2 Å². The van der Waals surface area contributed by atoms with Crippen LogP contribution in [0.3, 0.4) is 0 Å². The van der Waals surface area contributed by atoms with Crippen LogP contribution in [0.5, 0.6) is 5.75 Å². The van der Waals surface area contributed by atoms with Crippen molar-refractivity contribution in [1.29, 1.82) is 0 Å². The van der Waals surface area contributed by atoms with E-state index in [2.05, 4.69) is 25.6 Å². The molecule has 144 valence electrons. The van der Waals surface area contributed by atoms with Crippen LogP contribution < -0.4 is 10.6 Å². The molecule has 2 heterocycles. The van der Waals surface area contributed by atoms with E-state index in [1.54, 1.807) is 48.7 Å². The van der Waals surface area contributed by atoms with Crippen LogP contribution in [-0.4, -0.2) is 37.2 Å². The highest BCUT2D eigenvalue weighted by atomic mass is 16.4. The second kappa shape index (κ2) is 6.59. The van der Waals surface area contributed by atoms with Crippen molar-refractivity contribution in [2.75, 3.05) is 10.6 Å². The second-order valence-corrected chi connectivity index (χ2v) is 7.04. The van der Waals surface area contributed by atoms with Crippen LogP contribution in [0.2, 0.25) is 0 Å². The SMILES string of the molecule is O=C(O)c1ccc2c(c1)nc(NC1CC1)c1nc(Nc3ccc(O)cc3)ncc12. The number of benzene rings is 2. The van der Waals surface area contributed by atoms with E-state index in [1.807, 2.05) is 0 Å². The Kier molecular flexibility index (Phi) is 3.90. The summed E-state index contributed by atoms with van der Waals surface area (Å²) in [6, 6.07) is 11.9. The molecule has 4 N–H and O–H groups in total. The van der Waals surface area contributed by atoms with E-state index in [0.29, 0.717) is 28.8 Å². The Labute approximate surface area is 165 Å². The highest BCUT2D eigenvalue weighted by Gasteiger charge is 2.23. The number of pyridine rings is 1. The van der Waals surface area contributed by atoms with Gasteiger partial charge in [-0.2, -0.15) is 0 Å². The third kappa shape index (κ3) is 3.36. The molecule has 8 nitrogen and oxygen atoms in total. The first kappa shape index (κ1) is 17.2. The maximum Gasteiger partial charge on any atom is 0.335 e. The summed E-state index contributed by atoms with van der Waals surface area (Å²) in [6.07, 6.45) is 3.85. The van der Waals surface area contributed by atoms with E-state index in [4.69, 9.17) is 0 Å². The number of carboxylic acid groups (broad SMARTS) is 1. The maximum atomic E-state index is 11.3. The molecular formula is C21H17N5O3. The van der Waals surface area contributed by atoms with Crippen molar-refractivity contribution in [2.24, 2.45) is 0 Å².